The zero-order valence-corrected chi connectivity index (χ0v) is 12.7. The van der Waals surface area contributed by atoms with Gasteiger partial charge in [-0.3, -0.25) is 4.79 Å². The Morgan fingerprint density at radius 2 is 2.10 bits per heavy atom. The number of likely N-dealkylation sites (tertiary alicyclic amines) is 1. The lowest BCUT2D eigenvalue weighted by atomic mass is 9.97. The lowest BCUT2D eigenvalue weighted by Crippen LogP contribution is -2.39. The number of aliphatic hydroxyl groups is 1. The van der Waals surface area contributed by atoms with Crippen LogP contribution < -0.4 is 0 Å². The number of carbonyl (C=O) groups is 1. The second kappa shape index (κ2) is 7.09. The number of halogens is 1. The monoisotopic (exact) mass is 295 g/mol. The van der Waals surface area contributed by atoms with Crippen LogP contribution in [0.4, 0.5) is 0 Å². The number of aliphatic hydroxyl groups excluding tert-OH is 1. The van der Waals surface area contributed by atoms with Crippen molar-refractivity contribution in [3.63, 3.8) is 0 Å². The Morgan fingerprint density at radius 1 is 1.40 bits per heavy atom. The van der Waals surface area contributed by atoms with E-state index in [1.165, 1.54) is 0 Å². The van der Waals surface area contributed by atoms with Crippen LogP contribution in [0.1, 0.15) is 30.4 Å². The Kier molecular flexibility index (Phi) is 5.44. The fraction of sp³-hybridized carbons (Fsp3) is 0.562. The molecule has 0 spiro atoms. The summed E-state index contributed by atoms with van der Waals surface area (Å²) in [4.78, 5) is 14.1. The highest BCUT2D eigenvalue weighted by Gasteiger charge is 2.21. The number of aryl methyl sites for hydroxylation is 2. The van der Waals surface area contributed by atoms with Crippen molar-refractivity contribution in [2.24, 2.45) is 5.92 Å². The Balaban J connectivity index is 1.81. The van der Waals surface area contributed by atoms with E-state index in [9.17, 15) is 4.79 Å². The van der Waals surface area contributed by atoms with Crippen LogP contribution in [-0.4, -0.2) is 35.6 Å². The van der Waals surface area contributed by atoms with Crippen molar-refractivity contribution in [3.05, 3.63) is 34.3 Å². The molecule has 1 amide bonds. The molecule has 3 nitrogen and oxygen atoms in total. The molecule has 1 aromatic rings. The van der Waals surface area contributed by atoms with E-state index in [2.05, 4.69) is 0 Å². The van der Waals surface area contributed by atoms with Crippen molar-refractivity contribution in [1.29, 1.82) is 0 Å². The highest BCUT2D eigenvalue weighted by Crippen LogP contribution is 2.20. The number of nitrogens with zero attached hydrogens (tertiary/aromatic N) is 1. The SMILES string of the molecule is Cc1ccc(CCC(=O)N2CCC(CO)CC2)cc1Cl. The highest BCUT2D eigenvalue weighted by atomic mass is 35.5. The minimum absolute atomic E-state index is 0.207. The minimum atomic E-state index is 0.207. The first-order chi connectivity index (χ1) is 9.60. The van der Waals surface area contributed by atoms with Gasteiger partial charge in [0.1, 0.15) is 0 Å². The van der Waals surface area contributed by atoms with E-state index in [1.807, 2.05) is 30.0 Å². The van der Waals surface area contributed by atoms with E-state index in [0.717, 1.165) is 48.5 Å². The number of piperidine rings is 1. The number of rotatable bonds is 4. The quantitative estimate of drug-likeness (QED) is 0.928. The summed E-state index contributed by atoms with van der Waals surface area (Å²) in [5.41, 5.74) is 2.17. The molecule has 1 fully saturated rings. The molecule has 2 rings (SSSR count). The molecular formula is C16H22ClNO2. The Hall–Kier alpha value is -1.06. The summed E-state index contributed by atoms with van der Waals surface area (Å²) in [7, 11) is 0. The number of hydrogen-bond donors (Lipinski definition) is 1. The smallest absolute Gasteiger partial charge is 0.222 e. The third-order valence-electron chi connectivity index (χ3n) is 4.09. The standard InChI is InChI=1S/C16H22ClNO2/c1-12-2-3-13(10-15(12)17)4-5-16(20)18-8-6-14(11-19)7-9-18/h2-3,10,14,19H,4-9,11H2,1H3. The zero-order valence-electron chi connectivity index (χ0n) is 11.9. The number of benzene rings is 1. The lowest BCUT2D eigenvalue weighted by molar-refractivity contribution is -0.132. The van der Waals surface area contributed by atoms with Crippen molar-refractivity contribution in [2.45, 2.75) is 32.6 Å². The summed E-state index contributed by atoms with van der Waals surface area (Å²) >= 11 is 6.09. The van der Waals surface area contributed by atoms with Crippen LogP contribution in [0, 0.1) is 12.8 Å². The molecule has 0 unspecified atom stereocenters. The third-order valence-corrected chi connectivity index (χ3v) is 4.50. The first kappa shape index (κ1) is 15.3. The van der Waals surface area contributed by atoms with E-state index in [1.54, 1.807) is 0 Å². The van der Waals surface area contributed by atoms with Gasteiger partial charge >= 0.3 is 0 Å². The van der Waals surface area contributed by atoms with Gasteiger partial charge in [-0.05, 0) is 49.3 Å². The normalized spacial score (nSPS) is 16.4. The van der Waals surface area contributed by atoms with Crippen LogP contribution in [0.2, 0.25) is 5.02 Å². The van der Waals surface area contributed by atoms with Gasteiger partial charge in [0.15, 0.2) is 0 Å². The molecule has 1 aromatic carbocycles. The van der Waals surface area contributed by atoms with Gasteiger partial charge < -0.3 is 10.0 Å². The van der Waals surface area contributed by atoms with Crippen LogP contribution in [-0.2, 0) is 11.2 Å². The second-order valence-corrected chi connectivity index (χ2v) is 6.00. The van der Waals surface area contributed by atoms with Crippen molar-refractivity contribution in [2.75, 3.05) is 19.7 Å². The van der Waals surface area contributed by atoms with Gasteiger partial charge in [0.2, 0.25) is 5.91 Å². The fourth-order valence-electron chi connectivity index (χ4n) is 2.57. The third kappa shape index (κ3) is 3.97. The number of carbonyl (C=O) groups excluding carboxylic acids is 1. The van der Waals surface area contributed by atoms with Gasteiger partial charge in [0.25, 0.3) is 0 Å². The second-order valence-electron chi connectivity index (χ2n) is 5.59. The summed E-state index contributed by atoms with van der Waals surface area (Å²) in [6, 6.07) is 5.98. The van der Waals surface area contributed by atoms with Gasteiger partial charge in [0, 0.05) is 31.1 Å². The van der Waals surface area contributed by atoms with Gasteiger partial charge in [0.05, 0.1) is 0 Å². The molecule has 1 aliphatic heterocycles. The summed E-state index contributed by atoms with van der Waals surface area (Å²) in [5.74, 6) is 0.577. The molecule has 4 heteroatoms. The Bertz CT molecular complexity index is 468. The van der Waals surface area contributed by atoms with E-state index < -0.39 is 0 Å². The average Bonchev–Trinajstić information content (AvgIpc) is 2.48. The molecule has 1 heterocycles. The average molecular weight is 296 g/mol. The van der Waals surface area contributed by atoms with Crippen molar-refractivity contribution in [3.8, 4) is 0 Å². The first-order valence-electron chi connectivity index (χ1n) is 7.24. The zero-order chi connectivity index (χ0) is 14.5. The van der Waals surface area contributed by atoms with Gasteiger partial charge in [-0.25, -0.2) is 0 Å². The van der Waals surface area contributed by atoms with Crippen LogP contribution in [0.15, 0.2) is 18.2 Å². The summed E-state index contributed by atoms with van der Waals surface area (Å²) in [6.07, 6.45) is 3.10. The fourth-order valence-corrected chi connectivity index (χ4v) is 2.77. The predicted octanol–water partition coefficient (Wildman–Crippen LogP) is 2.81. The predicted molar refractivity (Wildman–Crippen MR) is 80.9 cm³/mol. The van der Waals surface area contributed by atoms with Crippen LogP contribution in [0.5, 0.6) is 0 Å². The molecule has 0 atom stereocenters. The van der Waals surface area contributed by atoms with E-state index in [-0.39, 0.29) is 12.5 Å². The van der Waals surface area contributed by atoms with Crippen molar-refractivity contribution in [1.82, 2.24) is 4.90 Å². The van der Waals surface area contributed by atoms with Gasteiger partial charge in [-0.2, -0.15) is 0 Å². The molecule has 0 radical (unpaired) electrons. The summed E-state index contributed by atoms with van der Waals surface area (Å²) in [6.45, 7) is 3.77. The minimum Gasteiger partial charge on any atom is -0.396 e. The summed E-state index contributed by atoms with van der Waals surface area (Å²) in [5, 5.41) is 9.86. The maximum Gasteiger partial charge on any atom is 0.222 e. The molecule has 0 aliphatic carbocycles. The van der Waals surface area contributed by atoms with Gasteiger partial charge in [-0.1, -0.05) is 23.7 Å². The van der Waals surface area contributed by atoms with E-state index >= 15 is 0 Å². The maximum atomic E-state index is 12.1. The van der Waals surface area contributed by atoms with Gasteiger partial charge in [-0.15, -0.1) is 0 Å². The van der Waals surface area contributed by atoms with Crippen LogP contribution >= 0.6 is 11.6 Å². The number of hydrogen-bond acceptors (Lipinski definition) is 2. The molecule has 20 heavy (non-hydrogen) atoms. The largest absolute Gasteiger partial charge is 0.396 e. The van der Waals surface area contributed by atoms with Crippen LogP contribution in [0.3, 0.4) is 0 Å². The Morgan fingerprint density at radius 3 is 2.70 bits per heavy atom. The topological polar surface area (TPSA) is 40.5 Å². The van der Waals surface area contributed by atoms with Crippen molar-refractivity contribution >= 4 is 17.5 Å². The number of amides is 1. The molecule has 1 saturated heterocycles. The summed E-state index contributed by atoms with van der Waals surface area (Å²) < 4.78 is 0. The van der Waals surface area contributed by atoms with E-state index in [0.29, 0.717) is 12.3 Å². The molecular weight excluding hydrogens is 274 g/mol. The molecule has 1 N–H and O–H groups in total. The lowest BCUT2D eigenvalue weighted by Gasteiger charge is -2.31. The first-order valence-corrected chi connectivity index (χ1v) is 7.61. The molecule has 0 aromatic heterocycles. The molecule has 0 bridgehead atoms. The van der Waals surface area contributed by atoms with Crippen LogP contribution in [0.25, 0.3) is 0 Å². The Labute approximate surface area is 125 Å². The molecule has 1 aliphatic rings. The maximum absolute atomic E-state index is 12.1. The molecule has 0 saturated carbocycles. The van der Waals surface area contributed by atoms with E-state index in [4.69, 9.17) is 16.7 Å². The highest BCUT2D eigenvalue weighted by molar-refractivity contribution is 6.31. The molecule has 110 valence electrons. The van der Waals surface area contributed by atoms with Crippen molar-refractivity contribution < 1.29 is 9.90 Å².